The van der Waals surface area contributed by atoms with E-state index in [0.29, 0.717) is 23.6 Å². The minimum absolute atomic E-state index is 0.0284. The van der Waals surface area contributed by atoms with Crippen molar-refractivity contribution >= 4 is 28.4 Å². The van der Waals surface area contributed by atoms with E-state index in [4.69, 9.17) is 14.6 Å². The molecule has 1 aromatic heterocycles. The largest absolute Gasteiger partial charge is 0.344 e. The van der Waals surface area contributed by atoms with Gasteiger partial charge in [0.25, 0.3) is 5.69 Å². The van der Waals surface area contributed by atoms with Gasteiger partial charge in [-0.3, -0.25) is 10.1 Å². The van der Waals surface area contributed by atoms with Crippen LogP contribution in [0.4, 0.5) is 5.69 Å². The van der Waals surface area contributed by atoms with Crippen molar-refractivity contribution in [2.75, 3.05) is 12.4 Å². The molecule has 3 heterocycles. The third-order valence-electron chi connectivity index (χ3n) is 4.37. The summed E-state index contributed by atoms with van der Waals surface area (Å²) in [6.45, 7) is 0.507. The number of nitrogens with zero attached hydrogens (tertiary/aromatic N) is 3. The van der Waals surface area contributed by atoms with Crippen LogP contribution in [-0.4, -0.2) is 33.2 Å². The molecule has 1 saturated heterocycles. The molecular formula is C17H13N3O4S. The molecule has 2 atom stereocenters. The summed E-state index contributed by atoms with van der Waals surface area (Å²) in [6.07, 6.45) is -0.557. The number of nitro groups is 1. The summed E-state index contributed by atoms with van der Waals surface area (Å²) in [5, 5.41) is 17.0. The first kappa shape index (κ1) is 14.9. The zero-order chi connectivity index (χ0) is 17.0. The van der Waals surface area contributed by atoms with E-state index in [-0.39, 0.29) is 16.7 Å². The summed E-state index contributed by atoms with van der Waals surface area (Å²) in [5.74, 6) is 0.697. The number of fused-ring (bicyclic) bond motifs is 3. The summed E-state index contributed by atoms with van der Waals surface area (Å²) in [7, 11) is 0. The van der Waals surface area contributed by atoms with Crippen molar-refractivity contribution in [2.45, 2.75) is 17.3 Å². The normalized spacial score (nSPS) is 21.9. The molecule has 0 aliphatic carbocycles. The second-order valence-corrected chi connectivity index (χ2v) is 7.02. The maximum absolute atomic E-state index is 11.4. The second kappa shape index (κ2) is 5.55. The molecule has 0 radical (unpaired) electrons. The molecule has 126 valence electrons. The molecule has 8 heteroatoms. The number of rotatable bonds is 2. The summed E-state index contributed by atoms with van der Waals surface area (Å²) >= 11 is 1.55. The Balaban J connectivity index is 1.84. The van der Waals surface area contributed by atoms with Crippen LogP contribution in [0, 0.1) is 10.1 Å². The Bertz CT molecular complexity index is 988. The van der Waals surface area contributed by atoms with Gasteiger partial charge in [-0.15, -0.1) is 11.8 Å². The molecule has 1 fully saturated rings. The van der Waals surface area contributed by atoms with Crippen molar-refractivity contribution in [3.8, 4) is 5.69 Å². The van der Waals surface area contributed by atoms with E-state index < -0.39 is 6.29 Å². The summed E-state index contributed by atoms with van der Waals surface area (Å²) < 4.78 is 13.4. The lowest BCUT2D eigenvalue weighted by Crippen LogP contribution is -2.14. The highest BCUT2D eigenvalue weighted by atomic mass is 32.2. The zero-order valence-electron chi connectivity index (χ0n) is 13.0. The third-order valence-corrected chi connectivity index (χ3v) is 5.54. The van der Waals surface area contributed by atoms with E-state index in [1.165, 1.54) is 0 Å². The standard InChI is InChI=1S/C17H13N3O4S/c21-20(22)11-6-13-15-14(7-11)25-9-12-8-23-17(24-12)16(15)18-19(13)10-4-2-1-3-5-10/h1-7,12,17H,8-9H2/t12-,17-/m1/s1. The molecule has 0 amide bonds. The van der Waals surface area contributed by atoms with Crippen molar-refractivity contribution in [3.63, 3.8) is 0 Å². The molecule has 2 aromatic carbocycles. The third kappa shape index (κ3) is 2.33. The number of hydrogen-bond acceptors (Lipinski definition) is 6. The van der Waals surface area contributed by atoms with Crippen LogP contribution in [0.5, 0.6) is 0 Å². The van der Waals surface area contributed by atoms with Crippen LogP contribution >= 0.6 is 11.8 Å². The lowest BCUT2D eigenvalue weighted by atomic mass is 10.1. The molecule has 25 heavy (non-hydrogen) atoms. The van der Waals surface area contributed by atoms with Gasteiger partial charge < -0.3 is 9.47 Å². The smallest absolute Gasteiger partial charge is 0.272 e. The van der Waals surface area contributed by atoms with Gasteiger partial charge in [0.15, 0.2) is 0 Å². The molecule has 0 N–H and O–H groups in total. The van der Waals surface area contributed by atoms with Gasteiger partial charge in [-0.25, -0.2) is 4.68 Å². The van der Waals surface area contributed by atoms with Gasteiger partial charge in [0, 0.05) is 28.2 Å². The number of non-ortho nitro benzene ring substituents is 1. The van der Waals surface area contributed by atoms with Crippen molar-refractivity contribution in [1.29, 1.82) is 0 Å². The molecule has 0 spiro atoms. The first-order valence-electron chi connectivity index (χ1n) is 7.87. The van der Waals surface area contributed by atoms with Crippen molar-refractivity contribution < 1.29 is 14.4 Å². The first-order chi connectivity index (χ1) is 12.2. The van der Waals surface area contributed by atoms with Crippen LogP contribution in [0.25, 0.3) is 16.6 Å². The highest BCUT2D eigenvalue weighted by Crippen LogP contribution is 2.43. The zero-order valence-corrected chi connectivity index (χ0v) is 13.8. The maximum atomic E-state index is 11.4. The lowest BCUT2D eigenvalue weighted by molar-refractivity contribution is -0.384. The van der Waals surface area contributed by atoms with Gasteiger partial charge in [0.1, 0.15) is 5.69 Å². The molecule has 2 bridgehead atoms. The van der Waals surface area contributed by atoms with Crippen LogP contribution in [0.3, 0.4) is 0 Å². The summed E-state index contributed by atoms with van der Waals surface area (Å²) in [5.41, 5.74) is 2.27. The Hall–Kier alpha value is -2.42. The fourth-order valence-corrected chi connectivity index (χ4v) is 4.33. The van der Waals surface area contributed by atoms with Crippen molar-refractivity contribution in [2.24, 2.45) is 0 Å². The van der Waals surface area contributed by atoms with E-state index >= 15 is 0 Å². The van der Waals surface area contributed by atoms with E-state index in [1.54, 1.807) is 28.6 Å². The van der Waals surface area contributed by atoms with Gasteiger partial charge >= 0.3 is 0 Å². The van der Waals surface area contributed by atoms with Crippen LogP contribution in [0.1, 0.15) is 12.0 Å². The van der Waals surface area contributed by atoms with Gasteiger partial charge in [-0.2, -0.15) is 5.10 Å². The predicted molar refractivity (Wildman–Crippen MR) is 92.0 cm³/mol. The number of benzene rings is 2. The average molecular weight is 355 g/mol. The Morgan fingerprint density at radius 2 is 2.12 bits per heavy atom. The van der Waals surface area contributed by atoms with Crippen LogP contribution < -0.4 is 0 Å². The quantitative estimate of drug-likeness (QED) is 0.517. The highest BCUT2D eigenvalue weighted by Gasteiger charge is 2.35. The number of nitro benzene ring substituents is 1. The molecule has 2 aliphatic rings. The minimum Gasteiger partial charge on any atom is -0.344 e. The number of thioether (sulfide) groups is 1. The fourth-order valence-electron chi connectivity index (χ4n) is 3.23. The molecular weight excluding hydrogens is 342 g/mol. The summed E-state index contributed by atoms with van der Waals surface area (Å²) in [4.78, 5) is 11.9. The van der Waals surface area contributed by atoms with Gasteiger partial charge in [0.2, 0.25) is 6.29 Å². The number of hydrogen-bond donors (Lipinski definition) is 0. The van der Waals surface area contributed by atoms with Gasteiger partial charge in [-0.1, -0.05) is 18.2 Å². The lowest BCUT2D eigenvalue weighted by Gasteiger charge is -2.14. The van der Waals surface area contributed by atoms with Crippen LogP contribution in [0.2, 0.25) is 0 Å². The SMILES string of the molecule is O=[N+]([O-])c1cc2c3c(nn(-c4ccccc4)c3c1)[C@@H]1OC[C@H](CS2)O1. The van der Waals surface area contributed by atoms with Crippen molar-refractivity contribution in [1.82, 2.24) is 9.78 Å². The summed E-state index contributed by atoms with van der Waals surface area (Å²) in [6, 6.07) is 12.8. The minimum atomic E-state index is -0.529. The molecule has 5 rings (SSSR count). The monoisotopic (exact) mass is 355 g/mol. The molecule has 0 unspecified atom stereocenters. The number of para-hydroxylation sites is 1. The van der Waals surface area contributed by atoms with E-state index in [1.807, 2.05) is 30.3 Å². The Kier molecular flexibility index (Phi) is 3.30. The molecule has 0 saturated carbocycles. The topological polar surface area (TPSA) is 79.4 Å². The average Bonchev–Trinajstić information content (AvgIpc) is 3.24. The molecule has 7 nitrogen and oxygen atoms in total. The van der Waals surface area contributed by atoms with Gasteiger partial charge in [0.05, 0.1) is 28.8 Å². The highest BCUT2D eigenvalue weighted by molar-refractivity contribution is 7.99. The fraction of sp³-hybridized carbons (Fsp3) is 0.235. The predicted octanol–water partition coefficient (Wildman–Crippen LogP) is 3.45. The number of aromatic nitrogens is 2. The molecule has 2 aliphatic heterocycles. The maximum Gasteiger partial charge on any atom is 0.272 e. The van der Waals surface area contributed by atoms with Crippen LogP contribution in [-0.2, 0) is 9.47 Å². The Morgan fingerprint density at radius 3 is 2.92 bits per heavy atom. The Morgan fingerprint density at radius 1 is 1.28 bits per heavy atom. The number of ether oxygens (including phenoxy) is 2. The Labute approximate surface area is 146 Å². The van der Waals surface area contributed by atoms with E-state index in [2.05, 4.69) is 0 Å². The van der Waals surface area contributed by atoms with Crippen LogP contribution in [0.15, 0.2) is 47.4 Å². The van der Waals surface area contributed by atoms with E-state index in [0.717, 1.165) is 16.0 Å². The van der Waals surface area contributed by atoms with E-state index in [9.17, 15) is 10.1 Å². The van der Waals surface area contributed by atoms with Gasteiger partial charge in [-0.05, 0) is 12.1 Å². The molecule has 3 aromatic rings. The van der Waals surface area contributed by atoms with Crippen molar-refractivity contribution in [3.05, 3.63) is 58.3 Å². The second-order valence-electron chi connectivity index (χ2n) is 5.96. The first-order valence-corrected chi connectivity index (χ1v) is 8.85.